The Bertz CT molecular complexity index is 698. The fourth-order valence-electron chi connectivity index (χ4n) is 2.23. The topological polar surface area (TPSA) is 116 Å². The Hall–Kier alpha value is -2.90. The largest absolute Gasteiger partial charge is 0.480 e. The SMILES string of the molecule is CC(NC(=O)Nc1ccc2c(c1)C(=O)N(C(C)C)C2=O)C(=O)O. The van der Waals surface area contributed by atoms with Gasteiger partial charge in [-0.1, -0.05) is 0 Å². The van der Waals surface area contributed by atoms with Gasteiger partial charge in [-0.2, -0.15) is 0 Å². The van der Waals surface area contributed by atoms with Gasteiger partial charge in [0.2, 0.25) is 0 Å². The normalized spacial score (nSPS) is 14.7. The number of nitrogens with zero attached hydrogens (tertiary/aromatic N) is 1. The van der Waals surface area contributed by atoms with Gasteiger partial charge in [-0.25, -0.2) is 4.79 Å². The first-order chi connectivity index (χ1) is 10.7. The Morgan fingerprint density at radius 1 is 1.09 bits per heavy atom. The fraction of sp³-hybridized carbons (Fsp3) is 0.333. The summed E-state index contributed by atoms with van der Waals surface area (Å²) in [4.78, 5) is 47.9. The van der Waals surface area contributed by atoms with Gasteiger partial charge in [-0.05, 0) is 39.0 Å². The highest BCUT2D eigenvalue weighted by atomic mass is 16.4. The highest BCUT2D eigenvalue weighted by Crippen LogP contribution is 2.27. The molecular formula is C15H17N3O5. The number of amides is 4. The van der Waals surface area contributed by atoms with Crippen molar-refractivity contribution in [3.8, 4) is 0 Å². The number of rotatable bonds is 4. The van der Waals surface area contributed by atoms with Crippen LogP contribution in [0.3, 0.4) is 0 Å². The number of imide groups is 1. The number of carbonyl (C=O) groups excluding carboxylic acids is 3. The van der Waals surface area contributed by atoms with Crippen LogP contribution in [0.25, 0.3) is 0 Å². The molecule has 1 atom stereocenters. The second-order valence-corrected chi connectivity index (χ2v) is 5.49. The van der Waals surface area contributed by atoms with Crippen molar-refractivity contribution in [1.29, 1.82) is 0 Å². The maximum absolute atomic E-state index is 12.3. The summed E-state index contributed by atoms with van der Waals surface area (Å²) < 4.78 is 0. The van der Waals surface area contributed by atoms with E-state index in [-0.39, 0.29) is 23.1 Å². The standard InChI is InChI=1S/C15H17N3O5/c1-7(2)18-12(19)10-5-4-9(6-11(10)13(18)20)17-15(23)16-8(3)14(21)22/h4-8H,1-3H3,(H,21,22)(H2,16,17,23). The predicted molar refractivity (Wildman–Crippen MR) is 81.3 cm³/mol. The first kappa shape index (κ1) is 16.5. The van der Waals surface area contributed by atoms with Crippen LogP contribution in [0, 0.1) is 0 Å². The number of carboxylic acids is 1. The van der Waals surface area contributed by atoms with Crippen LogP contribution in [-0.4, -0.2) is 45.9 Å². The predicted octanol–water partition coefficient (Wildman–Crippen LogP) is 1.29. The molecule has 3 N–H and O–H groups in total. The molecule has 122 valence electrons. The first-order valence-corrected chi connectivity index (χ1v) is 7.04. The lowest BCUT2D eigenvalue weighted by Gasteiger charge is -2.17. The van der Waals surface area contributed by atoms with Crippen molar-refractivity contribution in [2.45, 2.75) is 32.9 Å². The number of hydrogen-bond acceptors (Lipinski definition) is 4. The van der Waals surface area contributed by atoms with Crippen molar-refractivity contribution in [3.63, 3.8) is 0 Å². The average Bonchev–Trinajstić information content (AvgIpc) is 2.70. The molecule has 1 heterocycles. The van der Waals surface area contributed by atoms with Gasteiger partial charge in [0.05, 0.1) is 11.1 Å². The summed E-state index contributed by atoms with van der Waals surface area (Å²) in [5.74, 6) is -1.94. The number of fused-ring (bicyclic) bond motifs is 1. The first-order valence-electron chi connectivity index (χ1n) is 7.04. The molecular weight excluding hydrogens is 302 g/mol. The Morgan fingerprint density at radius 2 is 1.70 bits per heavy atom. The third kappa shape index (κ3) is 3.15. The molecule has 2 rings (SSSR count). The van der Waals surface area contributed by atoms with E-state index in [1.807, 2.05) is 0 Å². The van der Waals surface area contributed by atoms with Crippen LogP contribution in [0.2, 0.25) is 0 Å². The van der Waals surface area contributed by atoms with Gasteiger partial charge in [0.15, 0.2) is 0 Å². The molecule has 4 amide bonds. The molecule has 23 heavy (non-hydrogen) atoms. The molecule has 0 aromatic heterocycles. The summed E-state index contributed by atoms with van der Waals surface area (Å²) in [6.45, 7) is 4.80. The maximum atomic E-state index is 12.3. The highest BCUT2D eigenvalue weighted by Gasteiger charge is 2.37. The van der Waals surface area contributed by atoms with Crippen molar-refractivity contribution in [2.75, 3.05) is 5.32 Å². The molecule has 8 nitrogen and oxygen atoms in total. The van der Waals surface area contributed by atoms with E-state index < -0.39 is 23.9 Å². The van der Waals surface area contributed by atoms with Crippen LogP contribution in [0.15, 0.2) is 18.2 Å². The van der Waals surface area contributed by atoms with Gasteiger partial charge in [0.25, 0.3) is 11.8 Å². The zero-order chi connectivity index (χ0) is 17.3. The van der Waals surface area contributed by atoms with Crippen molar-refractivity contribution in [3.05, 3.63) is 29.3 Å². The van der Waals surface area contributed by atoms with E-state index in [4.69, 9.17) is 5.11 Å². The minimum Gasteiger partial charge on any atom is -0.480 e. The zero-order valence-electron chi connectivity index (χ0n) is 12.9. The molecule has 0 aliphatic carbocycles. The van der Waals surface area contributed by atoms with Crippen LogP contribution in [0.1, 0.15) is 41.5 Å². The molecule has 1 unspecified atom stereocenters. The van der Waals surface area contributed by atoms with Gasteiger partial charge in [0, 0.05) is 11.7 Å². The number of aliphatic carboxylic acids is 1. The van der Waals surface area contributed by atoms with Gasteiger partial charge in [0.1, 0.15) is 6.04 Å². The van der Waals surface area contributed by atoms with Crippen LogP contribution < -0.4 is 10.6 Å². The summed E-state index contributed by atoms with van der Waals surface area (Å²) in [6, 6.07) is 2.33. The molecule has 0 fully saturated rings. The summed E-state index contributed by atoms with van der Waals surface area (Å²) in [7, 11) is 0. The second-order valence-electron chi connectivity index (χ2n) is 5.49. The molecule has 0 saturated heterocycles. The molecule has 8 heteroatoms. The molecule has 1 aromatic rings. The average molecular weight is 319 g/mol. The van der Waals surface area contributed by atoms with Gasteiger partial charge < -0.3 is 15.7 Å². The van der Waals surface area contributed by atoms with Gasteiger partial charge in [-0.15, -0.1) is 0 Å². The van der Waals surface area contributed by atoms with Crippen molar-refractivity contribution in [2.24, 2.45) is 0 Å². The minimum absolute atomic E-state index is 0.216. The molecule has 0 spiro atoms. The van der Waals surface area contributed by atoms with E-state index >= 15 is 0 Å². The van der Waals surface area contributed by atoms with Crippen LogP contribution in [-0.2, 0) is 4.79 Å². The van der Waals surface area contributed by atoms with E-state index in [0.29, 0.717) is 5.69 Å². The third-order valence-corrected chi connectivity index (χ3v) is 3.41. The molecule has 1 aliphatic rings. The number of nitrogens with one attached hydrogen (secondary N) is 2. The van der Waals surface area contributed by atoms with E-state index in [9.17, 15) is 19.2 Å². The maximum Gasteiger partial charge on any atom is 0.325 e. The lowest BCUT2D eigenvalue weighted by Crippen LogP contribution is -2.40. The Morgan fingerprint density at radius 3 is 2.26 bits per heavy atom. The summed E-state index contributed by atoms with van der Waals surface area (Å²) in [5, 5.41) is 13.4. The number of carbonyl (C=O) groups is 4. The number of benzene rings is 1. The lowest BCUT2D eigenvalue weighted by molar-refractivity contribution is -0.138. The quantitative estimate of drug-likeness (QED) is 0.723. The second kappa shape index (κ2) is 6.07. The molecule has 1 aliphatic heterocycles. The van der Waals surface area contributed by atoms with E-state index in [0.717, 1.165) is 4.90 Å². The third-order valence-electron chi connectivity index (χ3n) is 3.41. The molecule has 0 bridgehead atoms. The summed E-state index contributed by atoms with van der Waals surface area (Å²) in [5.41, 5.74) is 0.798. The van der Waals surface area contributed by atoms with Crippen molar-refractivity contribution >= 4 is 29.5 Å². The summed E-state index contributed by atoms with van der Waals surface area (Å²) >= 11 is 0. The van der Waals surface area contributed by atoms with Crippen molar-refractivity contribution < 1.29 is 24.3 Å². The molecule has 0 radical (unpaired) electrons. The number of carboxylic acid groups (broad SMARTS) is 1. The molecule has 0 saturated carbocycles. The number of urea groups is 1. The zero-order valence-corrected chi connectivity index (χ0v) is 12.9. The van der Waals surface area contributed by atoms with Crippen LogP contribution in [0.5, 0.6) is 0 Å². The van der Waals surface area contributed by atoms with E-state index in [2.05, 4.69) is 10.6 Å². The van der Waals surface area contributed by atoms with Crippen LogP contribution >= 0.6 is 0 Å². The Labute approximate surface area is 132 Å². The van der Waals surface area contributed by atoms with E-state index in [1.54, 1.807) is 13.8 Å². The van der Waals surface area contributed by atoms with Crippen molar-refractivity contribution in [1.82, 2.24) is 10.2 Å². The van der Waals surface area contributed by atoms with E-state index in [1.165, 1.54) is 25.1 Å². The number of anilines is 1. The van der Waals surface area contributed by atoms with Crippen LogP contribution in [0.4, 0.5) is 10.5 Å². The minimum atomic E-state index is -1.16. The van der Waals surface area contributed by atoms with Gasteiger partial charge in [-0.3, -0.25) is 19.3 Å². The Balaban J connectivity index is 2.18. The monoisotopic (exact) mass is 319 g/mol. The smallest absolute Gasteiger partial charge is 0.325 e. The lowest BCUT2D eigenvalue weighted by atomic mass is 10.1. The Kier molecular flexibility index (Phi) is 4.35. The van der Waals surface area contributed by atoms with Gasteiger partial charge >= 0.3 is 12.0 Å². The highest BCUT2D eigenvalue weighted by molar-refractivity contribution is 6.22. The molecule has 1 aromatic carbocycles. The number of hydrogen-bond donors (Lipinski definition) is 3. The fourth-order valence-corrected chi connectivity index (χ4v) is 2.23. The summed E-state index contributed by atoms with van der Waals surface area (Å²) in [6.07, 6.45) is 0.